The van der Waals surface area contributed by atoms with Crippen molar-refractivity contribution in [2.24, 2.45) is 0 Å². The van der Waals surface area contributed by atoms with E-state index >= 15 is 0 Å². The fourth-order valence-electron chi connectivity index (χ4n) is 3.34. The molecule has 9 heteroatoms. The van der Waals surface area contributed by atoms with Crippen LogP contribution in [0.4, 0.5) is 17.1 Å². The first kappa shape index (κ1) is 18.8. The summed E-state index contributed by atoms with van der Waals surface area (Å²) in [6, 6.07) is 11.7. The molecule has 0 saturated heterocycles. The molecule has 27 heavy (non-hydrogen) atoms. The summed E-state index contributed by atoms with van der Waals surface area (Å²) in [5.41, 5.74) is 1.63. The summed E-state index contributed by atoms with van der Waals surface area (Å²) in [5, 5.41) is 11.0. The van der Waals surface area contributed by atoms with Gasteiger partial charge in [0, 0.05) is 24.4 Å². The molecule has 1 atom stereocenters. The van der Waals surface area contributed by atoms with Crippen molar-refractivity contribution in [3.8, 4) is 0 Å². The number of benzene rings is 2. The molecule has 1 aliphatic rings. The third-order valence-corrected chi connectivity index (χ3v) is 5.76. The number of fused-ring (bicyclic) bond motifs is 1. The molecule has 2 aromatic rings. The van der Waals surface area contributed by atoms with E-state index in [4.69, 9.17) is 0 Å². The number of amides is 1. The Morgan fingerprint density at radius 2 is 1.93 bits per heavy atom. The summed E-state index contributed by atoms with van der Waals surface area (Å²) in [4.78, 5) is 25.1. The van der Waals surface area contributed by atoms with Gasteiger partial charge in [0.15, 0.2) is 0 Å². The van der Waals surface area contributed by atoms with Crippen molar-refractivity contribution in [1.29, 1.82) is 0 Å². The van der Waals surface area contributed by atoms with Gasteiger partial charge in [-0.25, -0.2) is 8.42 Å². The Bertz CT molecular complexity index is 1010. The molecular weight excluding hydrogens is 370 g/mol. The Hall–Kier alpha value is -2.94. The molecule has 0 unspecified atom stereocenters. The first-order valence-electron chi connectivity index (χ1n) is 8.33. The Balaban J connectivity index is 1.98. The molecule has 1 aliphatic heterocycles. The summed E-state index contributed by atoms with van der Waals surface area (Å²) in [7, 11) is -3.85. The van der Waals surface area contributed by atoms with E-state index in [0.29, 0.717) is 13.0 Å². The van der Waals surface area contributed by atoms with E-state index < -0.39 is 21.0 Å². The van der Waals surface area contributed by atoms with Crippen molar-refractivity contribution in [1.82, 2.24) is 0 Å². The van der Waals surface area contributed by atoms with E-state index in [9.17, 15) is 23.3 Å². The smallest absolute Gasteiger partial charge is 0.271 e. The molecule has 0 aliphatic carbocycles. The molecule has 1 amide bonds. The zero-order valence-corrected chi connectivity index (χ0v) is 15.7. The van der Waals surface area contributed by atoms with Gasteiger partial charge in [0.05, 0.1) is 16.9 Å². The number of sulfonamides is 1. The molecule has 2 aromatic carbocycles. The number of nitro groups is 1. The van der Waals surface area contributed by atoms with Crippen LogP contribution in [0.5, 0.6) is 0 Å². The number of hydrogen-bond donors (Lipinski definition) is 0. The Morgan fingerprint density at radius 1 is 1.22 bits per heavy atom. The summed E-state index contributed by atoms with van der Waals surface area (Å²) < 4.78 is 25.7. The van der Waals surface area contributed by atoms with E-state index in [1.165, 1.54) is 25.1 Å². The van der Waals surface area contributed by atoms with Gasteiger partial charge in [0.25, 0.3) is 11.6 Å². The first-order valence-corrected chi connectivity index (χ1v) is 10.2. The van der Waals surface area contributed by atoms with Gasteiger partial charge >= 0.3 is 0 Å². The van der Waals surface area contributed by atoms with Crippen molar-refractivity contribution in [3.63, 3.8) is 0 Å². The molecule has 0 radical (unpaired) electrons. The average Bonchev–Trinajstić information content (AvgIpc) is 3.04. The Morgan fingerprint density at radius 3 is 2.59 bits per heavy atom. The second-order valence-electron chi connectivity index (χ2n) is 6.38. The SMILES string of the molecule is C[C@@H](C(=O)N1CCc2ccccc21)N(c1cccc([N+](=O)[O-])c1)S(C)(=O)=O. The monoisotopic (exact) mass is 389 g/mol. The van der Waals surface area contributed by atoms with Crippen molar-refractivity contribution >= 4 is 33.0 Å². The molecule has 1 heterocycles. The average molecular weight is 389 g/mol. The van der Waals surface area contributed by atoms with Crippen LogP contribution in [0.1, 0.15) is 12.5 Å². The van der Waals surface area contributed by atoms with Crippen LogP contribution >= 0.6 is 0 Å². The van der Waals surface area contributed by atoms with E-state index in [-0.39, 0.29) is 17.3 Å². The van der Waals surface area contributed by atoms with Crippen LogP contribution in [0.3, 0.4) is 0 Å². The summed E-state index contributed by atoms with van der Waals surface area (Å²) in [6.07, 6.45) is 1.68. The summed E-state index contributed by atoms with van der Waals surface area (Å²) in [5.74, 6) is -0.378. The second-order valence-corrected chi connectivity index (χ2v) is 8.24. The number of carbonyl (C=O) groups excluding carboxylic acids is 1. The molecule has 0 spiro atoms. The molecule has 8 nitrogen and oxygen atoms in total. The van der Waals surface area contributed by atoms with Crippen LogP contribution in [-0.2, 0) is 21.2 Å². The first-order chi connectivity index (χ1) is 12.7. The zero-order valence-electron chi connectivity index (χ0n) is 14.9. The number of nitro benzene ring substituents is 1. The van der Waals surface area contributed by atoms with E-state index in [1.807, 2.05) is 24.3 Å². The minimum absolute atomic E-state index is 0.0834. The lowest BCUT2D eigenvalue weighted by Gasteiger charge is -2.31. The predicted molar refractivity (Wildman–Crippen MR) is 102 cm³/mol. The fourth-order valence-corrected chi connectivity index (χ4v) is 4.50. The standard InChI is InChI=1S/C18H19N3O5S/c1-13(18(22)19-11-10-14-6-3-4-9-17(14)19)20(27(2,25)26)15-7-5-8-16(12-15)21(23)24/h3-9,12-13H,10-11H2,1-2H3/t13-/m0/s1. The van der Waals surface area contributed by atoms with Gasteiger partial charge in [0.2, 0.25) is 10.0 Å². The number of hydrogen-bond acceptors (Lipinski definition) is 5. The minimum Gasteiger partial charge on any atom is -0.310 e. The maximum Gasteiger partial charge on any atom is 0.271 e. The zero-order chi connectivity index (χ0) is 19.8. The van der Waals surface area contributed by atoms with Gasteiger partial charge < -0.3 is 4.90 Å². The van der Waals surface area contributed by atoms with E-state index in [0.717, 1.165) is 27.9 Å². The van der Waals surface area contributed by atoms with Crippen LogP contribution in [0.2, 0.25) is 0 Å². The number of non-ortho nitro benzene ring substituents is 1. The molecule has 0 saturated carbocycles. The van der Waals surface area contributed by atoms with Crippen molar-refractivity contribution in [2.75, 3.05) is 22.0 Å². The highest BCUT2D eigenvalue weighted by atomic mass is 32.2. The van der Waals surface area contributed by atoms with Crippen molar-refractivity contribution in [2.45, 2.75) is 19.4 Å². The second kappa shape index (κ2) is 6.99. The van der Waals surface area contributed by atoms with Crippen molar-refractivity contribution < 1.29 is 18.1 Å². The number of nitrogens with zero attached hydrogens (tertiary/aromatic N) is 3. The summed E-state index contributed by atoms with van der Waals surface area (Å²) in [6.45, 7) is 1.96. The van der Waals surface area contributed by atoms with Gasteiger partial charge in [-0.05, 0) is 31.0 Å². The minimum atomic E-state index is -3.85. The number of rotatable bonds is 5. The van der Waals surface area contributed by atoms with Gasteiger partial charge in [-0.15, -0.1) is 0 Å². The highest BCUT2D eigenvalue weighted by Crippen LogP contribution is 2.31. The van der Waals surface area contributed by atoms with Crippen LogP contribution in [0, 0.1) is 10.1 Å². The predicted octanol–water partition coefficient (Wildman–Crippen LogP) is 2.34. The van der Waals surface area contributed by atoms with Crippen LogP contribution in [-0.4, -0.2) is 38.1 Å². The number of para-hydroxylation sites is 1. The Labute approximate surface area is 157 Å². The highest BCUT2D eigenvalue weighted by Gasteiger charge is 2.35. The number of anilines is 2. The molecule has 0 fully saturated rings. The van der Waals surface area contributed by atoms with E-state index in [2.05, 4.69) is 0 Å². The molecule has 0 N–H and O–H groups in total. The van der Waals surface area contributed by atoms with E-state index in [1.54, 1.807) is 4.90 Å². The molecule has 3 rings (SSSR count). The van der Waals surface area contributed by atoms with Gasteiger partial charge in [-0.3, -0.25) is 19.2 Å². The molecular formula is C18H19N3O5S. The molecule has 0 bridgehead atoms. The lowest BCUT2D eigenvalue weighted by molar-refractivity contribution is -0.384. The summed E-state index contributed by atoms with van der Waals surface area (Å²) >= 11 is 0. The van der Waals surface area contributed by atoms with Crippen LogP contribution in [0.15, 0.2) is 48.5 Å². The largest absolute Gasteiger partial charge is 0.310 e. The maximum absolute atomic E-state index is 13.1. The third-order valence-electron chi connectivity index (χ3n) is 4.51. The number of carbonyl (C=O) groups is 1. The molecule has 142 valence electrons. The topological polar surface area (TPSA) is 101 Å². The molecule has 0 aromatic heterocycles. The lowest BCUT2D eigenvalue weighted by Crippen LogP contribution is -2.49. The Kier molecular flexibility index (Phi) is 4.88. The third kappa shape index (κ3) is 3.63. The fraction of sp³-hybridized carbons (Fsp3) is 0.278. The van der Waals surface area contributed by atoms with Crippen LogP contribution in [0.25, 0.3) is 0 Å². The highest BCUT2D eigenvalue weighted by molar-refractivity contribution is 7.92. The lowest BCUT2D eigenvalue weighted by atomic mass is 10.2. The van der Waals surface area contributed by atoms with Crippen LogP contribution < -0.4 is 9.21 Å². The van der Waals surface area contributed by atoms with Gasteiger partial charge in [-0.1, -0.05) is 24.3 Å². The van der Waals surface area contributed by atoms with Crippen molar-refractivity contribution in [3.05, 3.63) is 64.2 Å². The normalized spacial score (nSPS) is 14.5. The quantitative estimate of drug-likeness (QED) is 0.577. The maximum atomic E-state index is 13.1. The van der Waals surface area contributed by atoms with Gasteiger partial charge in [-0.2, -0.15) is 0 Å². The van der Waals surface area contributed by atoms with Gasteiger partial charge in [0.1, 0.15) is 6.04 Å².